The smallest absolute Gasteiger partial charge is 0.0603 e. The Morgan fingerprint density at radius 1 is 1.23 bits per heavy atom. The highest BCUT2D eigenvalue weighted by atomic mass is 79.9. The molecule has 0 fully saturated rings. The van der Waals surface area contributed by atoms with Crippen LogP contribution < -0.4 is 5.73 Å². The molecule has 3 heteroatoms. The van der Waals surface area contributed by atoms with Crippen molar-refractivity contribution in [2.75, 3.05) is 5.73 Å². The summed E-state index contributed by atoms with van der Waals surface area (Å²) in [6.07, 6.45) is 3.57. The number of hydrogen-bond acceptors (Lipinski definition) is 1. The van der Waals surface area contributed by atoms with Gasteiger partial charge < -0.3 is 5.73 Å². The van der Waals surface area contributed by atoms with Gasteiger partial charge in [-0.1, -0.05) is 13.3 Å². The summed E-state index contributed by atoms with van der Waals surface area (Å²) >= 11 is 6.87. The second kappa shape index (κ2) is 5.01. The minimum absolute atomic E-state index is 0.778. The summed E-state index contributed by atoms with van der Waals surface area (Å²) in [5.41, 5.74) is 7.89. The molecule has 1 aromatic carbocycles. The summed E-state index contributed by atoms with van der Waals surface area (Å²) in [5, 5.41) is 0. The fourth-order valence-corrected chi connectivity index (χ4v) is 2.44. The van der Waals surface area contributed by atoms with E-state index < -0.39 is 0 Å². The number of halogens is 2. The number of benzene rings is 1. The Hall–Kier alpha value is -0.0200. The van der Waals surface area contributed by atoms with E-state index in [0.29, 0.717) is 0 Å². The lowest BCUT2D eigenvalue weighted by molar-refractivity contribution is 0.794. The molecule has 2 N–H and O–H groups in total. The van der Waals surface area contributed by atoms with Gasteiger partial charge in [-0.3, -0.25) is 0 Å². The number of rotatable bonds is 3. The maximum absolute atomic E-state index is 5.79. The SMILES string of the molecule is CCCCc1cc(Br)c(N)c(Br)c1. The fraction of sp³-hybridized carbons (Fsp3) is 0.400. The second-order valence-electron chi connectivity index (χ2n) is 3.08. The summed E-state index contributed by atoms with van der Waals surface area (Å²) in [6.45, 7) is 2.20. The number of unbranched alkanes of at least 4 members (excludes halogenated alkanes) is 1. The molecule has 0 saturated heterocycles. The largest absolute Gasteiger partial charge is 0.397 e. The molecule has 13 heavy (non-hydrogen) atoms. The maximum Gasteiger partial charge on any atom is 0.0603 e. The molecule has 0 aliphatic carbocycles. The van der Waals surface area contributed by atoms with Crippen LogP contribution in [-0.4, -0.2) is 0 Å². The summed E-state index contributed by atoms with van der Waals surface area (Å²) in [7, 11) is 0. The van der Waals surface area contributed by atoms with E-state index in [2.05, 4.69) is 50.9 Å². The van der Waals surface area contributed by atoms with Gasteiger partial charge in [-0.15, -0.1) is 0 Å². The third-order valence-electron chi connectivity index (χ3n) is 1.96. The van der Waals surface area contributed by atoms with Crippen LogP contribution in [0.5, 0.6) is 0 Å². The van der Waals surface area contributed by atoms with Crippen LogP contribution in [0, 0.1) is 0 Å². The van der Waals surface area contributed by atoms with Crippen LogP contribution in [0.2, 0.25) is 0 Å². The van der Waals surface area contributed by atoms with Crippen molar-refractivity contribution in [1.82, 2.24) is 0 Å². The van der Waals surface area contributed by atoms with Gasteiger partial charge in [0, 0.05) is 8.95 Å². The zero-order valence-corrected chi connectivity index (χ0v) is 10.8. The van der Waals surface area contributed by atoms with Gasteiger partial charge in [0.15, 0.2) is 0 Å². The maximum atomic E-state index is 5.79. The van der Waals surface area contributed by atoms with Crippen molar-refractivity contribution < 1.29 is 0 Å². The quantitative estimate of drug-likeness (QED) is 0.835. The molecule has 0 spiro atoms. The van der Waals surface area contributed by atoms with E-state index in [-0.39, 0.29) is 0 Å². The average Bonchev–Trinajstić information content (AvgIpc) is 2.10. The first-order valence-corrected chi connectivity index (χ1v) is 5.97. The van der Waals surface area contributed by atoms with E-state index in [1.807, 2.05) is 0 Å². The molecule has 0 aliphatic rings. The fourth-order valence-electron chi connectivity index (χ4n) is 1.16. The molecule has 0 aromatic heterocycles. The molecule has 0 amide bonds. The zero-order valence-electron chi connectivity index (χ0n) is 7.61. The third kappa shape index (κ3) is 2.99. The van der Waals surface area contributed by atoms with Crippen LogP contribution in [0.1, 0.15) is 25.3 Å². The molecule has 1 aromatic rings. The Balaban J connectivity index is 2.86. The Kier molecular flexibility index (Phi) is 4.26. The van der Waals surface area contributed by atoms with Crippen molar-refractivity contribution in [3.63, 3.8) is 0 Å². The molecular weight excluding hydrogens is 294 g/mol. The molecule has 72 valence electrons. The Morgan fingerprint density at radius 3 is 2.23 bits per heavy atom. The Labute approximate surface area is 96.0 Å². The van der Waals surface area contributed by atoms with Crippen molar-refractivity contribution in [3.05, 3.63) is 26.6 Å². The van der Waals surface area contributed by atoms with Crippen LogP contribution >= 0.6 is 31.9 Å². The zero-order chi connectivity index (χ0) is 9.84. The first-order valence-electron chi connectivity index (χ1n) is 4.38. The van der Waals surface area contributed by atoms with Crippen molar-refractivity contribution in [2.24, 2.45) is 0 Å². The van der Waals surface area contributed by atoms with E-state index in [0.717, 1.165) is 21.1 Å². The van der Waals surface area contributed by atoms with Gasteiger partial charge in [0.1, 0.15) is 0 Å². The van der Waals surface area contributed by atoms with E-state index in [1.54, 1.807) is 0 Å². The highest BCUT2D eigenvalue weighted by molar-refractivity contribution is 9.11. The molecule has 0 bridgehead atoms. The van der Waals surface area contributed by atoms with Crippen LogP contribution in [0.3, 0.4) is 0 Å². The first kappa shape index (κ1) is 11.1. The minimum atomic E-state index is 0.778. The predicted octanol–water partition coefficient (Wildman–Crippen LogP) is 4.14. The first-order chi connectivity index (χ1) is 6.15. The standard InChI is InChI=1S/C10H13Br2N/c1-2-3-4-7-5-8(11)10(13)9(12)6-7/h5-6H,2-4,13H2,1H3. The lowest BCUT2D eigenvalue weighted by atomic mass is 10.1. The summed E-state index contributed by atoms with van der Waals surface area (Å²) in [5.74, 6) is 0. The normalized spacial score (nSPS) is 10.4. The molecule has 0 heterocycles. The molecule has 0 aliphatic heterocycles. The number of nitrogen functional groups attached to an aromatic ring is 1. The van der Waals surface area contributed by atoms with Crippen LogP contribution in [0.4, 0.5) is 5.69 Å². The van der Waals surface area contributed by atoms with E-state index in [1.165, 1.54) is 18.4 Å². The molecule has 1 nitrogen and oxygen atoms in total. The summed E-state index contributed by atoms with van der Waals surface area (Å²) in [6, 6.07) is 4.19. The predicted molar refractivity (Wildman–Crippen MR) is 64.9 cm³/mol. The summed E-state index contributed by atoms with van der Waals surface area (Å²) in [4.78, 5) is 0. The average molecular weight is 307 g/mol. The van der Waals surface area contributed by atoms with Gasteiger partial charge in [0.2, 0.25) is 0 Å². The van der Waals surface area contributed by atoms with E-state index >= 15 is 0 Å². The Morgan fingerprint density at radius 2 is 1.77 bits per heavy atom. The third-order valence-corrected chi connectivity index (χ3v) is 3.27. The van der Waals surface area contributed by atoms with Gasteiger partial charge in [0.05, 0.1) is 5.69 Å². The highest BCUT2D eigenvalue weighted by Gasteiger charge is 2.03. The molecule has 1 rings (SSSR count). The molecule has 0 atom stereocenters. The number of nitrogens with two attached hydrogens (primary N) is 1. The summed E-state index contributed by atoms with van der Waals surface area (Å²) < 4.78 is 1.96. The molecule has 0 radical (unpaired) electrons. The van der Waals surface area contributed by atoms with Crippen LogP contribution in [-0.2, 0) is 6.42 Å². The highest BCUT2D eigenvalue weighted by Crippen LogP contribution is 2.30. The number of anilines is 1. The van der Waals surface area contributed by atoms with Crippen molar-refractivity contribution in [2.45, 2.75) is 26.2 Å². The van der Waals surface area contributed by atoms with Gasteiger partial charge in [-0.25, -0.2) is 0 Å². The van der Waals surface area contributed by atoms with E-state index in [4.69, 9.17) is 5.73 Å². The van der Waals surface area contributed by atoms with E-state index in [9.17, 15) is 0 Å². The van der Waals surface area contributed by atoms with Gasteiger partial charge in [-0.05, 0) is 62.4 Å². The van der Waals surface area contributed by atoms with Crippen LogP contribution in [0.25, 0.3) is 0 Å². The van der Waals surface area contributed by atoms with Crippen molar-refractivity contribution >= 4 is 37.5 Å². The number of aryl methyl sites for hydroxylation is 1. The second-order valence-corrected chi connectivity index (χ2v) is 4.79. The molecular formula is C10H13Br2N. The van der Waals surface area contributed by atoms with Crippen molar-refractivity contribution in [3.8, 4) is 0 Å². The van der Waals surface area contributed by atoms with Crippen LogP contribution in [0.15, 0.2) is 21.1 Å². The van der Waals surface area contributed by atoms with Gasteiger partial charge >= 0.3 is 0 Å². The molecule has 0 unspecified atom stereocenters. The lowest BCUT2D eigenvalue weighted by Gasteiger charge is -2.05. The number of hydrogen-bond donors (Lipinski definition) is 1. The van der Waals surface area contributed by atoms with Gasteiger partial charge in [0.25, 0.3) is 0 Å². The Bertz CT molecular complexity index is 274. The minimum Gasteiger partial charge on any atom is -0.397 e. The van der Waals surface area contributed by atoms with Gasteiger partial charge in [-0.2, -0.15) is 0 Å². The molecule has 0 saturated carbocycles. The monoisotopic (exact) mass is 305 g/mol. The van der Waals surface area contributed by atoms with Crippen molar-refractivity contribution in [1.29, 1.82) is 0 Å². The lowest BCUT2D eigenvalue weighted by Crippen LogP contribution is -1.92. The topological polar surface area (TPSA) is 26.0 Å².